The van der Waals surface area contributed by atoms with Crippen LogP contribution in [0.25, 0.3) is 0 Å². The van der Waals surface area contributed by atoms with E-state index in [4.69, 9.17) is 16.9 Å². The van der Waals surface area contributed by atoms with Crippen LogP contribution in [0.15, 0.2) is 23.1 Å². The number of benzene rings is 1. The Hall–Kier alpha value is -1.34. The lowest BCUT2D eigenvalue weighted by atomic mass is 10.2. The van der Waals surface area contributed by atoms with Crippen LogP contribution in [0.1, 0.15) is 5.56 Å². The molecule has 0 heterocycles. The first-order chi connectivity index (χ1) is 8.65. The van der Waals surface area contributed by atoms with E-state index in [1.165, 1.54) is 11.0 Å². The fraction of sp³-hybridized carbons (Fsp3) is 0.222. The molecule has 1 aromatic rings. The largest absolute Gasteiger partial charge is 0.413 e. The molecule has 0 aliphatic rings. The third-order valence-electron chi connectivity index (χ3n) is 1.76. The smallest absolute Gasteiger partial charge is 0.277 e. The average molecular weight is 315 g/mol. The molecule has 5 nitrogen and oxygen atoms in total. The lowest BCUT2D eigenvalue weighted by Gasteiger charge is -2.10. The molecule has 1 N–H and O–H groups in total. The van der Waals surface area contributed by atoms with Crippen LogP contribution in [0.2, 0.25) is 5.02 Å². The fourth-order valence-corrected chi connectivity index (χ4v) is 2.27. The van der Waals surface area contributed by atoms with Crippen molar-refractivity contribution in [2.24, 2.45) is 0 Å². The molecule has 0 aliphatic carbocycles. The highest BCUT2D eigenvalue weighted by atomic mass is 35.5. The van der Waals surface area contributed by atoms with E-state index >= 15 is 0 Å². The van der Waals surface area contributed by atoms with Gasteiger partial charge in [-0.2, -0.15) is 18.4 Å². The number of nitriles is 1. The van der Waals surface area contributed by atoms with Crippen molar-refractivity contribution >= 4 is 21.6 Å². The van der Waals surface area contributed by atoms with E-state index in [-0.39, 0.29) is 10.6 Å². The van der Waals surface area contributed by atoms with Crippen molar-refractivity contribution in [3.63, 3.8) is 0 Å². The van der Waals surface area contributed by atoms with Gasteiger partial charge in [0.05, 0.1) is 5.56 Å². The minimum Gasteiger partial charge on any atom is -0.277 e. The standard InChI is InChI=1S/C9H6ClF3N2O3S/c10-7-2-1-6(4-14)8(3-7)19(16,17)15-18-5-9(11,12)13/h1-3,15H,5H2. The van der Waals surface area contributed by atoms with Gasteiger partial charge in [0.25, 0.3) is 10.0 Å². The summed E-state index contributed by atoms with van der Waals surface area (Å²) in [7, 11) is -4.43. The van der Waals surface area contributed by atoms with Gasteiger partial charge in [0, 0.05) is 5.02 Å². The predicted molar refractivity (Wildman–Crippen MR) is 58.5 cm³/mol. The molecule has 0 radical (unpaired) electrons. The Morgan fingerprint density at radius 3 is 2.58 bits per heavy atom. The van der Waals surface area contributed by atoms with E-state index in [1.54, 1.807) is 6.07 Å². The molecule has 104 valence electrons. The van der Waals surface area contributed by atoms with Gasteiger partial charge in [0.2, 0.25) is 0 Å². The molecule has 0 amide bonds. The van der Waals surface area contributed by atoms with Crippen LogP contribution >= 0.6 is 11.6 Å². The maximum atomic E-state index is 11.8. The number of hydrogen-bond acceptors (Lipinski definition) is 4. The van der Waals surface area contributed by atoms with E-state index < -0.39 is 27.7 Å². The summed E-state index contributed by atoms with van der Waals surface area (Å²) < 4.78 is 58.7. The summed E-state index contributed by atoms with van der Waals surface area (Å²) in [5.41, 5.74) is -0.271. The zero-order chi connectivity index (χ0) is 14.7. The van der Waals surface area contributed by atoms with Crippen LogP contribution in [0, 0.1) is 11.3 Å². The van der Waals surface area contributed by atoms with Crippen LogP contribution in [-0.2, 0) is 14.9 Å². The van der Waals surface area contributed by atoms with Gasteiger partial charge in [0.1, 0.15) is 11.0 Å². The van der Waals surface area contributed by atoms with Crippen molar-refractivity contribution in [2.75, 3.05) is 6.61 Å². The van der Waals surface area contributed by atoms with Crippen LogP contribution in [0.5, 0.6) is 0 Å². The molecule has 0 saturated carbocycles. The van der Waals surface area contributed by atoms with Gasteiger partial charge >= 0.3 is 6.18 Å². The summed E-state index contributed by atoms with van der Waals surface area (Å²) in [6.07, 6.45) is -4.69. The van der Waals surface area contributed by atoms with E-state index in [0.717, 1.165) is 12.1 Å². The van der Waals surface area contributed by atoms with Crippen LogP contribution in [0.3, 0.4) is 0 Å². The summed E-state index contributed by atoms with van der Waals surface area (Å²) in [5, 5.41) is 8.73. The quantitative estimate of drug-likeness (QED) is 0.862. The second-order valence-electron chi connectivity index (χ2n) is 3.24. The van der Waals surface area contributed by atoms with E-state index in [2.05, 4.69) is 4.84 Å². The highest BCUT2D eigenvalue weighted by molar-refractivity contribution is 7.89. The molecule has 0 aromatic heterocycles. The van der Waals surface area contributed by atoms with Crippen molar-refractivity contribution in [3.8, 4) is 6.07 Å². The molecule has 1 aromatic carbocycles. The lowest BCUT2D eigenvalue weighted by molar-refractivity contribution is -0.181. The second kappa shape index (κ2) is 5.75. The lowest BCUT2D eigenvalue weighted by Crippen LogP contribution is -2.30. The van der Waals surface area contributed by atoms with Gasteiger partial charge in [-0.15, -0.1) is 0 Å². The molecule has 0 bridgehead atoms. The van der Waals surface area contributed by atoms with Gasteiger partial charge in [0.15, 0.2) is 6.61 Å². The van der Waals surface area contributed by atoms with Crippen molar-refractivity contribution < 1.29 is 26.4 Å². The molecule has 0 atom stereocenters. The van der Waals surface area contributed by atoms with Crippen LogP contribution < -0.4 is 4.89 Å². The first-order valence-electron chi connectivity index (χ1n) is 4.56. The normalized spacial score (nSPS) is 12.2. The second-order valence-corrected chi connectivity index (χ2v) is 5.29. The number of alkyl halides is 3. The fourth-order valence-electron chi connectivity index (χ4n) is 1.04. The Morgan fingerprint density at radius 1 is 1.42 bits per heavy atom. The monoisotopic (exact) mass is 314 g/mol. The summed E-state index contributed by atoms with van der Waals surface area (Å²) in [5.74, 6) is 0. The van der Waals surface area contributed by atoms with E-state index in [1.807, 2.05) is 0 Å². The number of nitrogens with one attached hydrogen (secondary N) is 1. The minimum atomic E-state index is -4.69. The van der Waals surface area contributed by atoms with Crippen molar-refractivity contribution in [2.45, 2.75) is 11.1 Å². The number of sulfonamides is 1. The zero-order valence-corrected chi connectivity index (χ0v) is 10.6. The average Bonchev–Trinajstić information content (AvgIpc) is 2.27. The number of nitrogens with zero attached hydrogens (tertiary/aromatic N) is 1. The summed E-state index contributed by atoms with van der Waals surface area (Å²) in [6.45, 7) is -1.80. The van der Waals surface area contributed by atoms with Crippen molar-refractivity contribution in [1.29, 1.82) is 5.26 Å². The predicted octanol–water partition coefficient (Wildman–Crippen LogP) is 1.98. The molecular weight excluding hydrogens is 309 g/mol. The Morgan fingerprint density at radius 2 is 2.05 bits per heavy atom. The van der Waals surface area contributed by atoms with Crippen molar-refractivity contribution in [1.82, 2.24) is 4.89 Å². The topological polar surface area (TPSA) is 79.2 Å². The number of halogens is 4. The molecule has 0 saturated heterocycles. The third-order valence-corrected chi connectivity index (χ3v) is 3.25. The first-order valence-corrected chi connectivity index (χ1v) is 6.42. The first kappa shape index (κ1) is 15.7. The van der Waals surface area contributed by atoms with Gasteiger partial charge < -0.3 is 0 Å². The molecule has 0 fully saturated rings. The summed E-state index contributed by atoms with van der Waals surface area (Å²) in [4.78, 5) is 4.55. The molecule has 0 aliphatic heterocycles. The Bertz CT molecular complexity index is 610. The SMILES string of the molecule is N#Cc1ccc(Cl)cc1S(=O)(=O)NOCC(F)(F)F. The highest BCUT2D eigenvalue weighted by Gasteiger charge is 2.29. The maximum Gasteiger partial charge on any atom is 0.413 e. The Balaban J connectivity index is 2.95. The molecule has 0 spiro atoms. The molecule has 1 rings (SSSR count). The van der Waals surface area contributed by atoms with Gasteiger partial charge in [-0.3, -0.25) is 4.84 Å². The Kier molecular flexibility index (Phi) is 4.75. The molecule has 10 heteroatoms. The van der Waals surface area contributed by atoms with Crippen LogP contribution in [0.4, 0.5) is 13.2 Å². The zero-order valence-electron chi connectivity index (χ0n) is 9.03. The van der Waals surface area contributed by atoms with Crippen LogP contribution in [-0.4, -0.2) is 21.2 Å². The van der Waals surface area contributed by atoms with Gasteiger partial charge in [-0.05, 0) is 18.2 Å². The summed E-state index contributed by atoms with van der Waals surface area (Å²) >= 11 is 5.56. The maximum absolute atomic E-state index is 11.8. The summed E-state index contributed by atoms with van der Waals surface area (Å²) in [6, 6.07) is 4.91. The van der Waals surface area contributed by atoms with E-state index in [9.17, 15) is 21.6 Å². The number of rotatable bonds is 4. The molecule has 0 unspecified atom stereocenters. The number of hydrogen-bond donors (Lipinski definition) is 1. The van der Waals surface area contributed by atoms with Gasteiger partial charge in [-0.1, -0.05) is 16.5 Å². The molecule has 19 heavy (non-hydrogen) atoms. The minimum absolute atomic E-state index is 0.00944. The third kappa shape index (κ3) is 4.68. The molecular formula is C9H6ClF3N2O3S. The highest BCUT2D eigenvalue weighted by Crippen LogP contribution is 2.20. The van der Waals surface area contributed by atoms with E-state index in [0.29, 0.717) is 0 Å². The van der Waals surface area contributed by atoms with Crippen molar-refractivity contribution in [3.05, 3.63) is 28.8 Å². The van der Waals surface area contributed by atoms with Gasteiger partial charge in [-0.25, -0.2) is 8.42 Å². The Labute approximate surface area is 111 Å².